The molecule has 0 aliphatic carbocycles. The number of aromatic nitrogens is 4. The Balaban J connectivity index is 2.15. The Bertz CT molecular complexity index is 516. The summed E-state index contributed by atoms with van der Waals surface area (Å²) in [5.74, 6) is 1.61. The first-order valence-electron chi connectivity index (χ1n) is 5.72. The van der Waals surface area contributed by atoms with Gasteiger partial charge in [-0.05, 0) is 22.0 Å². The molecule has 0 aliphatic rings. The lowest BCUT2D eigenvalue weighted by Gasteiger charge is -2.17. The minimum Gasteiger partial charge on any atom is -0.364 e. The fourth-order valence-electron chi connectivity index (χ4n) is 1.41. The quantitative estimate of drug-likeness (QED) is 0.856. The SMILES string of the molecule is CC(C)(C)c1nc(Br)cc(NCc2ccn[nH]2)n1. The van der Waals surface area contributed by atoms with E-state index in [2.05, 4.69) is 62.2 Å². The fourth-order valence-corrected chi connectivity index (χ4v) is 1.80. The van der Waals surface area contributed by atoms with Crippen LogP contribution in [0.1, 0.15) is 32.3 Å². The normalized spacial score (nSPS) is 11.6. The zero-order valence-corrected chi connectivity index (χ0v) is 12.2. The number of H-pyrrole nitrogens is 1. The van der Waals surface area contributed by atoms with Gasteiger partial charge in [0.1, 0.15) is 16.2 Å². The van der Waals surface area contributed by atoms with Crippen LogP contribution < -0.4 is 5.32 Å². The second-order valence-corrected chi connectivity index (χ2v) is 5.90. The third-order valence-corrected chi connectivity index (χ3v) is 2.79. The molecule has 2 heterocycles. The van der Waals surface area contributed by atoms with E-state index in [0.29, 0.717) is 6.54 Å². The number of aromatic amines is 1. The first-order valence-corrected chi connectivity index (χ1v) is 6.51. The van der Waals surface area contributed by atoms with Crippen LogP contribution in [0.5, 0.6) is 0 Å². The van der Waals surface area contributed by atoms with Crippen LogP contribution in [0.4, 0.5) is 5.82 Å². The molecule has 6 heteroatoms. The summed E-state index contributed by atoms with van der Waals surface area (Å²) in [6, 6.07) is 3.79. The minimum atomic E-state index is -0.0752. The number of anilines is 1. The first-order chi connectivity index (χ1) is 8.45. The van der Waals surface area contributed by atoms with Crippen LogP contribution in [0, 0.1) is 0 Å². The largest absolute Gasteiger partial charge is 0.364 e. The van der Waals surface area contributed by atoms with Crippen LogP contribution in [-0.4, -0.2) is 20.2 Å². The molecule has 18 heavy (non-hydrogen) atoms. The van der Waals surface area contributed by atoms with Gasteiger partial charge in [0.25, 0.3) is 0 Å². The van der Waals surface area contributed by atoms with Crippen molar-refractivity contribution in [3.63, 3.8) is 0 Å². The zero-order valence-electron chi connectivity index (χ0n) is 10.7. The van der Waals surface area contributed by atoms with Gasteiger partial charge in [0.15, 0.2) is 0 Å². The zero-order chi connectivity index (χ0) is 13.2. The summed E-state index contributed by atoms with van der Waals surface area (Å²) in [5.41, 5.74) is 0.941. The first kappa shape index (κ1) is 13.0. The van der Waals surface area contributed by atoms with Crippen molar-refractivity contribution in [2.75, 3.05) is 5.32 Å². The van der Waals surface area contributed by atoms with Gasteiger partial charge in [-0.1, -0.05) is 20.8 Å². The fraction of sp³-hybridized carbons (Fsp3) is 0.417. The van der Waals surface area contributed by atoms with Crippen LogP contribution in [0.25, 0.3) is 0 Å². The maximum absolute atomic E-state index is 4.52. The molecule has 0 aromatic carbocycles. The lowest BCUT2D eigenvalue weighted by atomic mass is 9.96. The Morgan fingerprint density at radius 1 is 1.33 bits per heavy atom. The van der Waals surface area contributed by atoms with Crippen LogP contribution in [0.15, 0.2) is 22.9 Å². The molecule has 2 aromatic heterocycles. The van der Waals surface area contributed by atoms with Crippen molar-refractivity contribution in [3.8, 4) is 0 Å². The lowest BCUT2D eigenvalue weighted by molar-refractivity contribution is 0.544. The van der Waals surface area contributed by atoms with E-state index in [1.807, 2.05) is 12.1 Å². The van der Waals surface area contributed by atoms with Gasteiger partial charge in [0.05, 0.1) is 12.2 Å². The van der Waals surface area contributed by atoms with E-state index in [0.717, 1.165) is 21.9 Å². The highest BCUT2D eigenvalue weighted by atomic mass is 79.9. The third-order valence-electron chi connectivity index (χ3n) is 2.38. The van der Waals surface area contributed by atoms with Crippen molar-refractivity contribution in [1.82, 2.24) is 20.2 Å². The molecule has 2 rings (SSSR count). The van der Waals surface area contributed by atoms with Crippen molar-refractivity contribution in [2.45, 2.75) is 32.7 Å². The van der Waals surface area contributed by atoms with Crippen LogP contribution in [0.2, 0.25) is 0 Å². The topological polar surface area (TPSA) is 66.5 Å². The van der Waals surface area contributed by atoms with Crippen molar-refractivity contribution < 1.29 is 0 Å². The maximum atomic E-state index is 4.52. The van der Waals surface area contributed by atoms with E-state index in [1.165, 1.54) is 0 Å². The van der Waals surface area contributed by atoms with Crippen molar-refractivity contribution >= 4 is 21.7 Å². The molecule has 0 fully saturated rings. The highest BCUT2D eigenvalue weighted by Crippen LogP contribution is 2.22. The Labute approximate surface area is 115 Å². The molecular formula is C12H16BrN5. The summed E-state index contributed by atoms with van der Waals surface area (Å²) in [6.45, 7) is 6.93. The lowest BCUT2D eigenvalue weighted by Crippen LogP contribution is -2.17. The molecule has 5 nitrogen and oxygen atoms in total. The van der Waals surface area contributed by atoms with Crippen molar-refractivity contribution in [2.24, 2.45) is 0 Å². The highest BCUT2D eigenvalue weighted by Gasteiger charge is 2.18. The monoisotopic (exact) mass is 309 g/mol. The Morgan fingerprint density at radius 3 is 2.72 bits per heavy atom. The summed E-state index contributed by atoms with van der Waals surface area (Å²) in [4.78, 5) is 8.91. The molecule has 2 aromatic rings. The summed E-state index contributed by atoms with van der Waals surface area (Å²) >= 11 is 3.41. The number of hydrogen-bond donors (Lipinski definition) is 2. The minimum absolute atomic E-state index is 0.0752. The number of hydrogen-bond acceptors (Lipinski definition) is 4. The van der Waals surface area contributed by atoms with E-state index in [4.69, 9.17) is 0 Å². The molecule has 2 N–H and O–H groups in total. The smallest absolute Gasteiger partial charge is 0.137 e. The average Bonchev–Trinajstić information content (AvgIpc) is 2.77. The third kappa shape index (κ3) is 3.29. The molecule has 0 saturated carbocycles. The Kier molecular flexibility index (Phi) is 3.65. The Morgan fingerprint density at radius 2 is 2.11 bits per heavy atom. The van der Waals surface area contributed by atoms with Gasteiger partial charge in [-0.15, -0.1) is 0 Å². The second kappa shape index (κ2) is 5.06. The van der Waals surface area contributed by atoms with E-state index >= 15 is 0 Å². The number of halogens is 1. The molecule has 0 radical (unpaired) electrons. The number of nitrogens with one attached hydrogen (secondary N) is 2. The molecule has 0 unspecified atom stereocenters. The maximum Gasteiger partial charge on any atom is 0.137 e. The van der Waals surface area contributed by atoms with E-state index in [-0.39, 0.29) is 5.41 Å². The standard InChI is InChI=1S/C12H16BrN5/c1-12(2,3)11-16-9(13)6-10(17-11)14-7-8-4-5-15-18-8/h4-6H,7H2,1-3H3,(H,15,18)(H,14,16,17). The van der Waals surface area contributed by atoms with E-state index < -0.39 is 0 Å². The molecule has 0 atom stereocenters. The van der Waals surface area contributed by atoms with Gasteiger partial charge in [-0.25, -0.2) is 9.97 Å². The van der Waals surface area contributed by atoms with Gasteiger partial charge in [-0.2, -0.15) is 5.10 Å². The molecule has 0 bridgehead atoms. The van der Waals surface area contributed by atoms with E-state index in [1.54, 1.807) is 6.20 Å². The summed E-state index contributed by atoms with van der Waals surface area (Å²) < 4.78 is 0.787. The predicted molar refractivity (Wildman–Crippen MR) is 74.3 cm³/mol. The average molecular weight is 310 g/mol. The van der Waals surface area contributed by atoms with Crippen LogP contribution in [-0.2, 0) is 12.0 Å². The van der Waals surface area contributed by atoms with Gasteiger partial charge in [0.2, 0.25) is 0 Å². The van der Waals surface area contributed by atoms with Gasteiger partial charge < -0.3 is 5.32 Å². The second-order valence-electron chi connectivity index (χ2n) is 5.08. The molecule has 0 aliphatic heterocycles. The van der Waals surface area contributed by atoms with Crippen molar-refractivity contribution in [1.29, 1.82) is 0 Å². The molecule has 0 amide bonds. The predicted octanol–water partition coefficient (Wildman–Crippen LogP) is 2.87. The van der Waals surface area contributed by atoms with Gasteiger partial charge in [-0.3, -0.25) is 5.10 Å². The highest BCUT2D eigenvalue weighted by molar-refractivity contribution is 9.10. The molecule has 0 spiro atoms. The summed E-state index contributed by atoms with van der Waals surface area (Å²) in [7, 11) is 0. The Hall–Kier alpha value is -1.43. The van der Waals surface area contributed by atoms with Crippen LogP contribution in [0.3, 0.4) is 0 Å². The van der Waals surface area contributed by atoms with Gasteiger partial charge >= 0.3 is 0 Å². The molecule has 96 valence electrons. The van der Waals surface area contributed by atoms with Crippen LogP contribution >= 0.6 is 15.9 Å². The van der Waals surface area contributed by atoms with E-state index in [9.17, 15) is 0 Å². The van der Waals surface area contributed by atoms with Gasteiger partial charge in [0, 0.05) is 17.7 Å². The number of rotatable bonds is 3. The summed E-state index contributed by atoms with van der Waals surface area (Å²) in [5, 5.41) is 10.0. The molecular weight excluding hydrogens is 294 g/mol. The summed E-state index contributed by atoms with van der Waals surface area (Å²) in [6.07, 6.45) is 1.73. The van der Waals surface area contributed by atoms with Crippen molar-refractivity contribution in [3.05, 3.63) is 34.5 Å². The number of nitrogens with zero attached hydrogens (tertiary/aromatic N) is 3. The molecule has 0 saturated heterocycles.